The van der Waals surface area contributed by atoms with E-state index in [1.54, 1.807) is 0 Å². The maximum absolute atomic E-state index is 13.5. The molecule has 0 radical (unpaired) electrons. The minimum absolute atomic E-state index is 0.0250. The normalized spacial score (nSPS) is 16.5. The number of rotatable bonds is 9. The minimum Gasteiger partial charge on any atom is -0.297 e. The van der Waals surface area contributed by atoms with Gasteiger partial charge in [0.1, 0.15) is 0 Å². The molecule has 1 aliphatic rings. The van der Waals surface area contributed by atoms with Gasteiger partial charge in [-0.05, 0) is 75.3 Å². The van der Waals surface area contributed by atoms with Gasteiger partial charge < -0.3 is 0 Å². The molecule has 0 spiro atoms. The quantitative estimate of drug-likeness (QED) is 0.344. The van der Waals surface area contributed by atoms with Crippen molar-refractivity contribution in [1.29, 1.82) is 5.26 Å². The molecule has 0 amide bonds. The van der Waals surface area contributed by atoms with Crippen molar-refractivity contribution in [1.82, 2.24) is 4.90 Å². The Bertz CT molecular complexity index is 1000. The van der Waals surface area contributed by atoms with Crippen LogP contribution in [0.15, 0.2) is 48.5 Å². The van der Waals surface area contributed by atoms with Gasteiger partial charge in [-0.25, -0.2) is 0 Å². The zero-order valence-electron chi connectivity index (χ0n) is 19.2. The highest BCUT2D eigenvalue weighted by Gasteiger charge is 2.49. The van der Waals surface area contributed by atoms with Crippen molar-refractivity contribution >= 4 is 0 Å². The number of nitriles is 1. The molecule has 2 aromatic carbocycles. The molecule has 0 heterocycles. The predicted octanol–water partition coefficient (Wildman–Crippen LogP) is 7.59. The number of hydrogen-bond acceptors (Lipinski definition) is 2. The largest absolute Gasteiger partial charge is 0.417 e. The van der Waals surface area contributed by atoms with Crippen LogP contribution < -0.4 is 0 Å². The second-order valence-corrected chi connectivity index (χ2v) is 9.27. The lowest BCUT2D eigenvalue weighted by Gasteiger charge is -2.31. The third-order valence-corrected chi connectivity index (χ3v) is 6.59. The molecule has 0 N–H and O–H groups in total. The van der Waals surface area contributed by atoms with Gasteiger partial charge in [0.05, 0.1) is 22.6 Å². The summed E-state index contributed by atoms with van der Waals surface area (Å²) in [6.07, 6.45) is -8.13. The van der Waals surface area contributed by atoms with E-state index in [9.17, 15) is 31.6 Å². The molecule has 34 heavy (non-hydrogen) atoms. The van der Waals surface area contributed by atoms with E-state index in [0.29, 0.717) is 44.5 Å². The third kappa shape index (κ3) is 5.93. The highest BCUT2D eigenvalue weighted by atomic mass is 19.4. The fourth-order valence-corrected chi connectivity index (χ4v) is 4.57. The van der Waals surface area contributed by atoms with Crippen molar-refractivity contribution in [3.05, 3.63) is 70.8 Å². The van der Waals surface area contributed by atoms with Crippen LogP contribution in [0.25, 0.3) is 0 Å². The van der Waals surface area contributed by atoms with Gasteiger partial charge in [-0.1, -0.05) is 36.4 Å². The minimum atomic E-state index is -5.17. The predicted molar refractivity (Wildman–Crippen MR) is 118 cm³/mol. The summed E-state index contributed by atoms with van der Waals surface area (Å²) in [6.45, 7) is 5.41. The van der Waals surface area contributed by atoms with Gasteiger partial charge in [0.2, 0.25) is 0 Å². The molecule has 1 atom stereocenters. The van der Waals surface area contributed by atoms with Crippen LogP contribution in [-0.4, -0.2) is 17.5 Å². The summed E-state index contributed by atoms with van der Waals surface area (Å²) in [4.78, 5) is 2.22. The highest BCUT2D eigenvalue weighted by molar-refractivity contribution is 5.43. The van der Waals surface area contributed by atoms with Crippen molar-refractivity contribution in [2.45, 2.75) is 69.9 Å². The van der Waals surface area contributed by atoms with E-state index < -0.39 is 28.9 Å². The summed E-state index contributed by atoms with van der Waals surface area (Å²) in [7, 11) is 0. The number of hydrogen-bond donors (Lipinski definition) is 0. The molecule has 0 aliphatic heterocycles. The van der Waals surface area contributed by atoms with Crippen LogP contribution in [0.5, 0.6) is 0 Å². The summed E-state index contributed by atoms with van der Waals surface area (Å²) in [5.41, 5.74) is -3.54. The molecule has 3 rings (SSSR count). The smallest absolute Gasteiger partial charge is 0.297 e. The first kappa shape index (κ1) is 26.1. The van der Waals surface area contributed by atoms with Crippen LogP contribution in [0.1, 0.15) is 61.8 Å². The summed E-state index contributed by atoms with van der Waals surface area (Å²) in [5.74, 6) is -0.156. The average Bonchev–Trinajstić information content (AvgIpc) is 3.61. The molecular formula is C26H28F6N2. The lowest BCUT2D eigenvalue weighted by atomic mass is 9.73. The van der Waals surface area contributed by atoms with E-state index in [4.69, 9.17) is 0 Å². The summed E-state index contributed by atoms with van der Waals surface area (Å²) in [5, 5.41) is 10.1. The Hall–Kier alpha value is -2.53. The molecule has 1 saturated carbocycles. The first-order valence-corrected chi connectivity index (χ1v) is 11.4. The fourth-order valence-electron chi connectivity index (χ4n) is 4.57. The molecule has 1 aliphatic carbocycles. The van der Waals surface area contributed by atoms with Gasteiger partial charge in [0.15, 0.2) is 0 Å². The molecule has 1 fully saturated rings. The molecule has 0 aromatic heterocycles. The lowest BCUT2D eigenvalue weighted by Crippen LogP contribution is -2.34. The molecule has 0 saturated heterocycles. The standard InChI is InChI=1S/C26H28F6N2/c1-18(2)34(16-19-7-4-3-5-8-19)14-6-13-24(17-33,20-9-10-20)21-11-12-22(25(27,28)29)23(15-21)26(30,31)32/h3-5,7-8,11-12,15,18,20H,6,9-10,13-14,16H2,1-2H3. The van der Waals surface area contributed by atoms with Gasteiger partial charge in [-0.15, -0.1) is 0 Å². The van der Waals surface area contributed by atoms with E-state index >= 15 is 0 Å². The van der Waals surface area contributed by atoms with Crippen LogP contribution in [0.4, 0.5) is 26.3 Å². The second kappa shape index (κ2) is 9.99. The topological polar surface area (TPSA) is 27.0 Å². The Morgan fingerprint density at radius 1 is 0.941 bits per heavy atom. The Labute approximate surface area is 196 Å². The van der Waals surface area contributed by atoms with Crippen molar-refractivity contribution in [3.8, 4) is 6.07 Å². The number of benzene rings is 2. The maximum Gasteiger partial charge on any atom is 0.417 e. The SMILES string of the molecule is CC(C)N(CCCC(C#N)(c1ccc(C(F)(F)F)c(C(F)(F)F)c1)C1CC1)Cc1ccccc1. The second-order valence-electron chi connectivity index (χ2n) is 9.27. The van der Waals surface area contributed by atoms with Gasteiger partial charge in [-0.3, -0.25) is 4.90 Å². The molecule has 1 unspecified atom stereocenters. The zero-order chi connectivity index (χ0) is 25.1. The third-order valence-electron chi connectivity index (χ3n) is 6.59. The average molecular weight is 483 g/mol. The van der Waals surface area contributed by atoms with Crippen LogP contribution in [0, 0.1) is 17.2 Å². The van der Waals surface area contributed by atoms with Gasteiger partial charge >= 0.3 is 12.4 Å². The molecule has 8 heteroatoms. The molecule has 184 valence electrons. The highest BCUT2D eigenvalue weighted by Crippen LogP contribution is 2.51. The zero-order valence-corrected chi connectivity index (χ0v) is 19.2. The first-order chi connectivity index (χ1) is 15.9. The van der Waals surface area contributed by atoms with Gasteiger partial charge in [-0.2, -0.15) is 31.6 Å². The molecule has 0 bridgehead atoms. The summed E-state index contributed by atoms with van der Waals surface area (Å²) in [6, 6.07) is 14.4. The summed E-state index contributed by atoms with van der Waals surface area (Å²) < 4.78 is 80.3. The van der Waals surface area contributed by atoms with Crippen molar-refractivity contribution < 1.29 is 26.3 Å². The molecule has 2 nitrogen and oxygen atoms in total. The number of halogens is 6. The van der Waals surface area contributed by atoms with Gasteiger partial charge in [0, 0.05) is 12.6 Å². The maximum atomic E-state index is 13.5. The van der Waals surface area contributed by atoms with E-state index in [2.05, 4.69) is 11.0 Å². The lowest BCUT2D eigenvalue weighted by molar-refractivity contribution is -0.162. The van der Waals surface area contributed by atoms with Crippen LogP contribution >= 0.6 is 0 Å². The monoisotopic (exact) mass is 482 g/mol. The first-order valence-electron chi connectivity index (χ1n) is 11.4. The Kier molecular flexibility index (Phi) is 7.66. The number of nitrogens with zero attached hydrogens (tertiary/aromatic N) is 2. The van der Waals surface area contributed by atoms with E-state index in [1.165, 1.54) is 0 Å². The summed E-state index contributed by atoms with van der Waals surface area (Å²) >= 11 is 0. The van der Waals surface area contributed by atoms with Crippen LogP contribution in [0.2, 0.25) is 0 Å². The Morgan fingerprint density at radius 2 is 1.56 bits per heavy atom. The van der Waals surface area contributed by atoms with Crippen LogP contribution in [-0.2, 0) is 24.3 Å². The van der Waals surface area contributed by atoms with Crippen molar-refractivity contribution in [2.75, 3.05) is 6.54 Å². The van der Waals surface area contributed by atoms with Crippen molar-refractivity contribution in [2.24, 2.45) is 5.92 Å². The van der Waals surface area contributed by atoms with E-state index in [-0.39, 0.29) is 23.9 Å². The van der Waals surface area contributed by atoms with Crippen molar-refractivity contribution in [3.63, 3.8) is 0 Å². The van der Waals surface area contributed by atoms with E-state index in [1.807, 2.05) is 44.2 Å². The van der Waals surface area contributed by atoms with Gasteiger partial charge in [0.25, 0.3) is 0 Å². The molecular weight excluding hydrogens is 454 g/mol. The Balaban J connectivity index is 1.86. The molecule has 2 aromatic rings. The Morgan fingerprint density at radius 3 is 2.06 bits per heavy atom. The van der Waals surface area contributed by atoms with E-state index in [0.717, 1.165) is 11.6 Å². The number of alkyl halides is 6. The van der Waals surface area contributed by atoms with Crippen LogP contribution in [0.3, 0.4) is 0 Å². The fraction of sp³-hybridized carbons (Fsp3) is 0.500.